The number of benzene rings is 1. The predicted molar refractivity (Wildman–Crippen MR) is 80.0 cm³/mol. The first-order valence-corrected chi connectivity index (χ1v) is 6.62. The average molecular weight is 292 g/mol. The lowest BCUT2D eigenvalue weighted by molar-refractivity contribution is -0.122. The van der Waals surface area contributed by atoms with Crippen LogP contribution >= 0.6 is 0 Å². The van der Waals surface area contributed by atoms with Crippen LogP contribution in [0.2, 0.25) is 0 Å². The van der Waals surface area contributed by atoms with Gasteiger partial charge in [0.25, 0.3) is 0 Å². The Bertz CT molecular complexity index is 526. The molecule has 0 atom stereocenters. The number of methoxy groups -OCH3 is 1. The van der Waals surface area contributed by atoms with Crippen LogP contribution in [0.25, 0.3) is 6.08 Å². The van der Waals surface area contributed by atoms with Crippen LogP contribution in [0.1, 0.15) is 18.9 Å². The Hall–Kier alpha value is -2.50. The number of hydrogen-bond donors (Lipinski definition) is 2. The molecule has 0 saturated heterocycles. The lowest BCUT2D eigenvalue weighted by atomic mass is 10.2. The standard InChI is InChI=1S/C15H20N2O4/c1-3-8-21-12-6-4-11(9-13(12)20-2)5-7-15(19)17-10-14(16)18/h4-7,9H,3,8,10H2,1-2H3,(H2,16,18)(H,17,19)/b7-5+. The van der Waals surface area contributed by atoms with Gasteiger partial charge in [-0.1, -0.05) is 13.0 Å². The molecule has 0 spiro atoms. The van der Waals surface area contributed by atoms with Crippen LogP contribution in [-0.4, -0.2) is 32.1 Å². The number of primary amides is 1. The molecule has 0 heterocycles. The maximum absolute atomic E-state index is 11.4. The third kappa shape index (κ3) is 5.99. The summed E-state index contributed by atoms with van der Waals surface area (Å²) in [5, 5.41) is 2.36. The molecular formula is C15H20N2O4. The number of hydrogen-bond acceptors (Lipinski definition) is 4. The SMILES string of the molecule is CCCOc1ccc(/C=C/C(=O)NCC(N)=O)cc1OC. The van der Waals surface area contributed by atoms with Gasteiger partial charge in [-0.3, -0.25) is 9.59 Å². The van der Waals surface area contributed by atoms with Crippen LogP contribution in [0.4, 0.5) is 0 Å². The quantitative estimate of drug-likeness (QED) is 0.702. The van der Waals surface area contributed by atoms with Crippen molar-refractivity contribution in [2.45, 2.75) is 13.3 Å². The van der Waals surface area contributed by atoms with E-state index in [4.69, 9.17) is 15.2 Å². The van der Waals surface area contributed by atoms with Gasteiger partial charge in [0.2, 0.25) is 11.8 Å². The molecule has 114 valence electrons. The third-order valence-corrected chi connectivity index (χ3v) is 2.51. The second kappa shape index (κ2) is 8.63. The fourth-order valence-electron chi connectivity index (χ4n) is 1.52. The van der Waals surface area contributed by atoms with E-state index in [-0.39, 0.29) is 12.5 Å². The minimum absolute atomic E-state index is 0.184. The van der Waals surface area contributed by atoms with Gasteiger partial charge in [-0.2, -0.15) is 0 Å². The second-order valence-corrected chi connectivity index (χ2v) is 4.28. The second-order valence-electron chi connectivity index (χ2n) is 4.28. The highest BCUT2D eigenvalue weighted by molar-refractivity contribution is 5.94. The molecule has 0 aliphatic heterocycles. The van der Waals surface area contributed by atoms with Gasteiger partial charge < -0.3 is 20.5 Å². The van der Waals surface area contributed by atoms with Gasteiger partial charge in [-0.05, 0) is 30.2 Å². The zero-order chi connectivity index (χ0) is 15.7. The summed E-state index contributed by atoms with van der Waals surface area (Å²) >= 11 is 0. The number of rotatable bonds is 8. The van der Waals surface area contributed by atoms with Gasteiger partial charge in [0.05, 0.1) is 20.3 Å². The van der Waals surface area contributed by atoms with Gasteiger partial charge >= 0.3 is 0 Å². The minimum atomic E-state index is -0.587. The highest BCUT2D eigenvalue weighted by Gasteiger charge is 2.04. The molecule has 0 radical (unpaired) electrons. The van der Waals surface area contributed by atoms with Crippen LogP contribution in [0, 0.1) is 0 Å². The molecule has 1 aromatic carbocycles. The Labute approximate surface area is 123 Å². The van der Waals surface area contributed by atoms with Gasteiger partial charge in [-0.25, -0.2) is 0 Å². The van der Waals surface area contributed by atoms with Crippen LogP contribution < -0.4 is 20.5 Å². The van der Waals surface area contributed by atoms with E-state index in [2.05, 4.69) is 5.32 Å². The van der Waals surface area contributed by atoms with Gasteiger partial charge in [0.15, 0.2) is 11.5 Å². The number of amides is 2. The summed E-state index contributed by atoms with van der Waals surface area (Å²) in [5.41, 5.74) is 5.72. The molecule has 0 unspecified atom stereocenters. The van der Waals surface area contributed by atoms with E-state index >= 15 is 0 Å². The van der Waals surface area contributed by atoms with Gasteiger partial charge in [0.1, 0.15) is 0 Å². The highest BCUT2D eigenvalue weighted by atomic mass is 16.5. The van der Waals surface area contributed by atoms with Gasteiger partial charge in [0, 0.05) is 6.08 Å². The van der Waals surface area contributed by atoms with Crippen molar-refractivity contribution in [1.29, 1.82) is 0 Å². The van der Waals surface area contributed by atoms with Crippen molar-refractivity contribution < 1.29 is 19.1 Å². The molecule has 0 bridgehead atoms. The van der Waals surface area contributed by atoms with E-state index in [1.54, 1.807) is 25.3 Å². The molecule has 1 rings (SSSR count). The summed E-state index contributed by atoms with van der Waals surface area (Å²) < 4.78 is 10.8. The fourth-order valence-corrected chi connectivity index (χ4v) is 1.52. The third-order valence-electron chi connectivity index (χ3n) is 2.51. The average Bonchev–Trinajstić information content (AvgIpc) is 2.49. The summed E-state index contributed by atoms with van der Waals surface area (Å²) in [6.07, 6.45) is 3.84. The smallest absolute Gasteiger partial charge is 0.244 e. The van der Waals surface area contributed by atoms with Crippen molar-refractivity contribution in [3.8, 4) is 11.5 Å². The van der Waals surface area contributed by atoms with E-state index in [0.29, 0.717) is 18.1 Å². The Kier molecular flexibility index (Phi) is 6.80. The fraction of sp³-hybridized carbons (Fsp3) is 0.333. The number of nitrogens with two attached hydrogens (primary N) is 1. The molecule has 0 aliphatic rings. The normalized spacial score (nSPS) is 10.4. The first kappa shape index (κ1) is 16.6. The van der Waals surface area contributed by atoms with E-state index in [0.717, 1.165) is 12.0 Å². The van der Waals surface area contributed by atoms with E-state index in [1.807, 2.05) is 13.0 Å². The molecule has 0 fully saturated rings. The van der Waals surface area contributed by atoms with Crippen molar-refractivity contribution in [2.75, 3.05) is 20.3 Å². The monoisotopic (exact) mass is 292 g/mol. The van der Waals surface area contributed by atoms with Gasteiger partial charge in [-0.15, -0.1) is 0 Å². The van der Waals surface area contributed by atoms with Crippen molar-refractivity contribution in [3.63, 3.8) is 0 Å². The number of carbonyl (C=O) groups excluding carboxylic acids is 2. The molecule has 1 aromatic rings. The first-order valence-electron chi connectivity index (χ1n) is 6.62. The van der Waals surface area contributed by atoms with Crippen LogP contribution in [0.3, 0.4) is 0 Å². The zero-order valence-electron chi connectivity index (χ0n) is 12.2. The largest absolute Gasteiger partial charge is 0.493 e. The molecule has 0 saturated carbocycles. The molecular weight excluding hydrogens is 272 g/mol. The predicted octanol–water partition coefficient (Wildman–Crippen LogP) is 1.10. The van der Waals surface area contributed by atoms with Crippen LogP contribution in [-0.2, 0) is 9.59 Å². The highest BCUT2D eigenvalue weighted by Crippen LogP contribution is 2.28. The zero-order valence-corrected chi connectivity index (χ0v) is 12.2. The molecule has 6 heteroatoms. The molecule has 21 heavy (non-hydrogen) atoms. The summed E-state index contributed by atoms with van der Waals surface area (Å²) in [6, 6.07) is 5.36. The maximum atomic E-state index is 11.4. The molecule has 6 nitrogen and oxygen atoms in total. The maximum Gasteiger partial charge on any atom is 0.244 e. The van der Waals surface area contributed by atoms with Crippen LogP contribution in [0.5, 0.6) is 11.5 Å². The summed E-state index contributed by atoms with van der Waals surface area (Å²) in [5.74, 6) is 0.285. The van der Waals surface area contributed by atoms with E-state index in [9.17, 15) is 9.59 Å². The van der Waals surface area contributed by atoms with Crippen molar-refractivity contribution >= 4 is 17.9 Å². The Morgan fingerprint density at radius 2 is 2.10 bits per heavy atom. The van der Waals surface area contributed by atoms with E-state index < -0.39 is 5.91 Å². The van der Waals surface area contributed by atoms with Crippen molar-refractivity contribution in [2.24, 2.45) is 5.73 Å². The van der Waals surface area contributed by atoms with E-state index in [1.165, 1.54) is 6.08 Å². The first-order chi connectivity index (χ1) is 10.1. The molecule has 0 aromatic heterocycles. The molecule has 3 N–H and O–H groups in total. The Morgan fingerprint density at radius 3 is 2.71 bits per heavy atom. The minimum Gasteiger partial charge on any atom is -0.493 e. The number of carbonyl (C=O) groups is 2. The number of ether oxygens (including phenoxy) is 2. The number of nitrogens with one attached hydrogen (secondary N) is 1. The van der Waals surface area contributed by atoms with Crippen LogP contribution in [0.15, 0.2) is 24.3 Å². The Balaban J connectivity index is 2.71. The van der Waals surface area contributed by atoms with Crippen molar-refractivity contribution in [1.82, 2.24) is 5.32 Å². The summed E-state index contributed by atoms with van der Waals surface area (Å²) in [6.45, 7) is 2.45. The Morgan fingerprint density at radius 1 is 1.33 bits per heavy atom. The lowest BCUT2D eigenvalue weighted by Gasteiger charge is -2.10. The topological polar surface area (TPSA) is 90.6 Å². The molecule has 0 aliphatic carbocycles. The summed E-state index contributed by atoms with van der Waals surface area (Å²) in [7, 11) is 1.56. The van der Waals surface area contributed by atoms with Crippen molar-refractivity contribution in [3.05, 3.63) is 29.8 Å². The lowest BCUT2D eigenvalue weighted by Crippen LogP contribution is -2.32. The summed E-state index contributed by atoms with van der Waals surface area (Å²) in [4.78, 5) is 22.0. The molecule has 2 amide bonds.